The first-order valence-electron chi connectivity index (χ1n) is 10.8. The number of aliphatic carboxylic acids is 1. The van der Waals surface area contributed by atoms with Crippen LogP contribution in [-0.4, -0.2) is 42.3 Å². The summed E-state index contributed by atoms with van der Waals surface area (Å²) in [5.74, 6) is -1.06. The Bertz CT molecular complexity index is 999. The normalized spacial score (nSPS) is 15.6. The average molecular weight is 434 g/mol. The van der Waals surface area contributed by atoms with Gasteiger partial charge in [-0.1, -0.05) is 54.6 Å². The van der Waals surface area contributed by atoms with E-state index in [1.165, 1.54) is 17.2 Å². The Morgan fingerprint density at radius 3 is 2.25 bits per heavy atom. The highest BCUT2D eigenvalue weighted by molar-refractivity contribution is 5.81. The second kappa shape index (κ2) is 9.68. The fourth-order valence-electron chi connectivity index (χ4n) is 4.23. The Kier molecular flexibility index (Phi) is 6.54. The number of carbonyl (C=O) groups excluding carboxylic acids is 2. The first-order valence-corrected chi connectivity index (χ1v) is 10.8. The summed E-state index contributed by atoms with van der Waals surface area (Å²) < 4.78 is 5.60. The molecule has 2 aliphatic rings. The third kappa shape index (κ3) is 5.17. The Labute approximate surface area is 186 Å². The van der Waals surface area contributed by atoms with Crippen molar-refractivity contribution in [2.24, 2.45) is 5.92 Å². The molecule has 0 heterocycles. The van der Waals surface area contributed by atoms with Crippen LogP contribution in [0.5, 0.6) is 0 Å². The van der Waals surface area contributed by atoms with Crippen LogP contribution in [-0.2, 0) is 14.3 Å². The molecule has 166 valence electrons. The second-order valence-corrected chi connectivity index (χ2v) is 8.16. The number of amides is 2. The number of carboxylic acids is 1. The first-order chi connectivity index (χ1) is 15.5. The first kappa shape index (κ1) is 21.6. The number of carboxylic acid groups (broad SMARTS) is 1. The molecule has 0 aliphatic heterocycles. The predicted molar refractivity (Wildman–Crippen MR) is 119 cm³/mol. The standard InChI is InChI=1S/C25H26N2O5/c28-23(26-13-5-10-24(29)30)14-22(16-11-12-16)27-25(31)32-15-21-19-8-3-1-6-17(19)18-7-2-4-9-20(18)21/h1-10,16,21-22H,11-15H2,(H,26,28)(H,27,31)(H,29,30)/b10-5+. The van der Waals surface area contributed by atoms with Crippen LogP contribution in [0, 0.1) is 5.92 Å². The SMILES string of the molecule is O=C(O)/C=C/CNC(=O)CC(NC(=O)OCC1c2ccccc2-c2ccccc21)C1CC1. The highest BCUT2D eigenvalue weighted by Crippen LogP contribution is 2.44. The van der Waals surface area contributed by atoms with Crippen molar-refractivity contribution in [1.29, 1.82) is 0 Å². The molecule has 0 spiro atoms. The smallest absolute Gasteiger partial charge is 0.407 e. The minimum atomic E-state index is -1.06. The maximum Gasteiger partial charge on any atom is 0.407 e. The number of rotatable bonds is 9. The summed E-state index contributed by atoms with van der Waals surface area (Å²) >= 11 is 0. The zero-order valence-corrected chi connectivity index (χ0v) is 17.6. The lowest BCUT2D eigenvalue weighted by atomic mass is 9.98. The molecule has 1 fully saturated rings. The monoisotopic (exact) mass is 434 g/mol. The van der Waals surface area contributed by atoms with Gasteiger partial charge in [-0.2, -0.15) is 0 Å². The van der Waals surface area contributed by atoms with Gasteiger partial charge in [0.2, 0.25) is 5.91 Å². The van der Waals surface area contributed by atoms with Crippen LogP contribution < -0.4 is 10.6 Å². The summed E-state index contributed by atoms with van der Waals surface area (Å²) in [6.07, 6.45) is 3.87. The summed E-state index contributed by atoms with van der Waals surface area (Å²) in [6.45, 7) is 0.358. The Morgan fingerprint density at radius 1 is 1.03 bits per heavy atom. The highest BCUT2D eigenvalue weighted by Gasteiger charge is 2.35. The molecule has 7 nitrogen and oxygen atoms in total. The van der Waals surface area contributed by atoms with E-state index < -0.39 is 12.1 Å². The number of ether oxygens (including phenoxy) is 1. The van der Waals surface area contributed by atoms with Crippen LogP contribution in [0.4, 0.5) is 4.79 Å². The lowest BCUT2D eigenvalue weighted by Gasteiger charge is -2.19. The molecule has 4 rings (SSSR count). The summed E-state index contributed by atoms with van der Waals surface area (Å²) in [6, 6.07) is 16.0. The average Bonchev–Trinajstić information content (AvgIpc) is 3.58. The molecule has 0 radical (unpaired) electrons. The Hall–Kier alpha value is -3.61. The number of alkyl carbamates (subject to hydrolysis) is 1. The van der Waals surface area contributed by atoms with Gasteiger partial charge in [0.25, 0.3) is 0 Å². The van der Waals surface area contributed by atoms with Gasteiger partial charge in [-0.3, -0.25) is 4.79 Å². The molecule has 0 saturated heterocycles. The van der Waals surface area contributed by atoms with Crippen LogP contribution in [0.2, 0.25) is 0 Å². The van der Waals surface area contributed by atoms with E-state index in [4.69, 9.17) is 9.84 Å². The quantitative estimate of drug-likeness (QED) is 0.525. The summed E-state index contributed by atoms with van der Waals surface area (Å²) in [5, 5.41) is 14.1. The molecule has 2 aromatic carbocycles. The van der Waals surface area contributed by atoms with Crippen LogP contribution in [0.15, 0.2) is 60.7 Å². The number of hydrogen-bond acceptors (Lipinski definition) is 4. The van der Waals surface area contributed by atoms with E-state index in [1.54, 1.807) is 0 Å². The van der Waals surface area contributed by atoms with Gasteiger partial charge in [-0.25, -0.2) is 9.59 Å². The Morgan fingerprint density at radius 2 is 1.66 bits per heavy atom. The van der Waals surface area contributed by atoms with Crippen LogP contribution >= 0.6 is 0 Å². The molecule has 0 bridgehead atoms. The molecule has 32 heavy (non-hydrogen) atoms. The molecular formula is C25H26N2O5. The molecular weight excluding hydrogens is 408 g/mol. The zero-order chi connectivity index (χ0) is 22.5. The summed E-state index contributed by atoms with van der Waals surface area (Å²) in [5.41, 5.74) is 4.63. The number of carbonyl (C=O) groups is 3. The number of hydrogen-bond donors (Lipinski definition) is 3. The fourth-order valence-corrected chi connectivity index (χ4v) is 4.23. The van der Waals surface area contributed by atoms with Gasteiger partial charge in [0.1, 0.15) is 6.61 Å². The van der Waals surface area contributed by atoms with E-state index in [2.05, 4.69) is 34.9 Å². The minimum Gasteiger partial charge on any atom is -0.478 e. The van der Waals surface area contributed by atoms with E-state index in [0.29, 0.717) is 0 Å². The molecule has 2 aliphatic carbocycles. The lowest BCUT2D eigenvalue weighted by Crippen LogP contribution is -2.41. The van der Waals surface area contributed by atoms with E-state index in [1.807, 2.05) is 24.3 Å². The van der Waals surface area contributed by atoms with Gasteiger partial charge >= 0.3 is 12.1 Å². The molecule has 0 aromatic heterocycles. The topological polar surface area (TPSA) is 105 Å². The van der Waals surface area contributed by atoms with Crippen molar-refractivity contribution in [2.45, 2.75) is 31.2 Å². The molecule has 1 atom stereocenters. The van der Waals surface area contributed by atoms with Gasteiger partial charge < -0.3 is 20.5 Å². The van der Waals surface area contributed by atoms with Gasteiger partial charge in [0.05, 0.1) is 0 Å². The van der Waals surface area contributed by atoms with Crippen molar-refractivity contribution < 1.29 is 24.2 Å². The van der Waals surface area contributed by atoms with Crippen LogP contribution in [0.3, 0.4) is 0 Å². The fraction of sp³-hybridized carbons (Fsp3) is 0.320. The zero-order valence-electron chi connectivity index (χ0n) is 17.6. The van der Waals surface area contributed by atoms with Gasteiger partial charge in [0, 0.05) is 31.0 Å². The van der Waals surface area contributed by atoms with Crippen molar-refractivity contribution in [2.75, 3.05) is 13.2 Å². The number of benzene rings is 2. The molecule has 1 unspecified atom stereocenters. The molecule has 2 amide bonds. The number of nitrogens with one attached hydrogen (secondary N) is 2. The largest absolute Gasteiger partial charge is 0.478 e. The van der Waals surface area contributed by atoms with Crippen molar-refractivity contribution >= 4 is 18.0 Å². The summed E-state index contributed by atoms with van der Waals surface area (Å²) in [7, 11) is 0. The maximum absolute atomic E-state index is 12.5. The van der Waals surface area contributed by atoms with Gasteiger partial charge in [-0.15, -0.1) is 0 Å². The molecule has 3 N–H and O–H groups in total. The summed E-state index contributed by atoms with van der Waals surface area (Å²) in [4.78, 5) is 35.2. The van der Waals surface area contributed by atoms with E-state index in [0.717, 1.165) is 30.0 Å². The third-order valence-electron chi connectivity index (χ3n) is 5.92. The van der Waals surface area contributed by atoms with Crippen molar-refractivity contribution in [3.63, 3.8) is 0 Å². The van der Waals surface area contributed by atoms with Gasteiger partial charge in [-0.05, 0) is 41.0 Å². The van der Waals surface area contributed by atoms with E-state index in [9.17, 15) is 14.4 Å². The van der Waals surface area contributed by atoms with E-state index >= 15 is 0 Å². The Balaban J connectivity index is 1.32. The molecule has 2 aromatic rings. The lowest BCUT2D eigenvalue weighted by molar-refractivity contribution is -0.131. The van der Waals surface area contributed by atoms with Crippen LogP contribution in [0.1, 0.15) is 36.3 Å². The van der Waals surface area contributed by atoms with Gasteiger partial charge in [0.15, 0.2) is 0 Å². The van der Waals surface area contributed by atoms with Crippen molar-refractivity contribution in [3.05, 3.63) is 71.8 Å². The molecule has 7 heteroatoms. The highest BCUT2D eigenvalue weighted by atomic mass is 16.5. The van der Waals surface area contributed by atoms with E-state index in [-0.39, 0.29) is 43.4 Å². The second-order valence-electron chi connectivity index (χ2n) is 8.16. The van der Waals surface area contributed by atoms with Crippen molar-refractivity contribution in [3.8, 4) is 11.1 Å². The minimum absolute atomic E-state index is 0.0168. The maximum atomic E-state index is 12.5. The van der Waals surface area contributed by atoms with Crippen LogP contribution in [0.25, 0.3) is 11.1 Å². The molecule has 1 saturated carbocycles. The van der Waals surface area contributed by atoms with Crippen molar-refractivity contribution in [1.82, 2.24) is 10.6 Å². The number of fused-ring (bicyclic) bond motifs is 3. The third-order valence-corrected chi connectivity index (χ3v) is 5.92. The predicted octanol–water partition coefficient (Wildman–Crippen LogP) is 3.45.